The molecule has 0 aliphatic heterocycles. The fourth-order valence-electron chi connectivity index (χ4n) is 2.21. The number of carbonyl (C=O) groups excluding carboxylic acids is 1. The molecule has 1 N–H and O–H groups in total. The van der Waals surface area contributed by atoms with E-state index in [2.05, 4.69) is 9.71 Å². The zero-order chi connectivity index (χ0) is 16.4. The van der Waals surface area contributed by atoms with Crippen LogP contribution in [0.2, 0.25) is 0 Å². The van der Waals surface area contributed by atoms with Crippen molar-refractivity contribution in [3.05, 3.63) is 66.4 Å². The molecule has 0 amide bonds. The molecule has 116 valence electrons. The lowest BCUT2D eigenvalue weighted by molar-refractivity contribution is -0.255. The van der Waals surface area contributed by atoms with Gasteiger partial charge < -0.3 is 9.90 Å². The third kappa shape index (κ3) is 3.00. The van der Waals surface area contributed by atoms with Crippen LogP contribution in [-0.4, -0.2) is 19.4 Å². The normalized spacial score (nSPS) is 11.3. The van der Waals surface area contributed by atoms with Crippen molar-refractivity contribution < 1.29 is 18.3 Å². The van der Waals surface area contributed by atoms with Crippen LogP contribution >= 0.6 is 0 Å². The number of nitrogens with one attached hydrogen (secondary N) is 1. The van der Waals surface area contributed by atoms with Crippen molar-refractivity contribution in [3.63, 3.8) is 0 Å². The van der Waals surface area contributed by atoms with Gasteiger partial charge in [-0.1, -0.05) is 30.3 Å². The van der Waals surface area contributed by atoms with Crippen LogP contribution in [0.4, 0.5) is 5.69 Å². The number of carbonyl (C=O) groups is 1. The standard InChI is InChI=1S/C16H12N2O4S/c19-16(20)12-5-1-7-13(10-12)18-23(21,22)14-8-2-4-11-6-3-9-17-15(11)14/h1-10,18H,(H,19,20)/p-1. The predicted octanol–water partition coefficient (Wildman–Crippen LogP) is 1.40. The quantitative estimate of drug-likeness (QED) is 0.781. The maximum Gasteiger partial charge on any atom is 0.264 e. The van der Waals surface area contributed by atoms with Crippen molar-refractivity contribution >= 4 is 32.6 Å². The van der Waals surface area contributed by atoms with E-state index in [1.54, 1.807) is 24.3 Å². The van der Waals surface area contributed by atoms with Crippen LogP contribution in [0.3, 0.4) is 0 Å². The van der Waals surface area contributed by atoms with E-state index in [4.69, 9.17) is 0 Å². The summed E-state index contributed by atoms with van der Waals surface area (Å²) in [6, 6.07) is 13.7. The van der Waals surface area contributed by atoms with Gasteiger partial charge in [-0.25, -0.2) is 8.42 Å². The molecule has 0 fully saturated rings. The zero-order valence-corrected chi connectivity index (χ0v) is 12.6. The molecule has 23 heavy (non-hydrogen) atoms. The molecule has 0 spiro atoms. The monoisotopic (exact) mass is 327 g/mol. The number of pyridine rings is 1. The number of rotatable bonds is 4. The molecule has 0 radical (unpaired) electrons. The second kappa shape index (κ2) is 5.69. The van der Waals surface area contributed by atoms with E-state index in [1.165, 1.54) is 36.5 Å². The number of carboxylic acids is 1. The van der Waals surface area contributed by atoms with Gasteiger partial charge in [0.05, 0.1) is 11.5 Å². The highest BCUT2D eigenvalue weighted by atomic mass is 32.2. The number of nitrogens with zero attached hydrogens (tertiary/aromatic N) is 1. The van der Waals surface area contributed by atoms with E-state index in [0.717, 1.165) is 0 Å². The summed E-state index contributed by atoms with van der Waals surface area (Å²) in [5.74, 6) is -1.38. The molecule has 3 aromatic rings. The summed E-state index contributed by atoms with van der Waals surface area (Å²) < 4.78 is 27.5. The summed E-state index contributed by atoms with van der Waals surface area (Å²) >= 11 is 0. The lowest BCUT2D eigenvalue weighted by Crippen LogP contribution is -2.22. The second-order valence-electron chi connectivity index (χ2n) is 4.81. The first-order valence-electron chi connectivity index (χ1n) is 6.65. The number of aromatic carboxylic acids is 1. The number of fused-ring (bicyclic) bond motifs is 1. The van der Waals surface area contributed by atoms with Crippen LogP contribution < -0.4 is 9.83 Å². The molecule has 3 rings (SSSR count). The number of para-hydroxylation sites is 1. The molecule has 0 saturated heterocycles. The first-order valence-corrected chi connectivity index (χ1v) is 8.14. The van der Waals surface area contributed by atoms with E-state index in [1.807, 2.05) is 0 Å². The number of hydrogen-bond donors (Lipinski definition) is 1. The van der Waals surface area contributed by atoms with Crippen LogP contribution in [0.15, 0.2) is 65.7 Å². The molecule has 1 aromatic heterocycles. The summed E-state index contributed by atoms with van der Waals surface area (Å²) in [6.07, 6.45) is 1.51. The fourth-order valence-corrected chi connectivity index (χ4v) is 3.44. The number of hydrogen-bond acceptors (Lipinski definition) is 5. The molecule has 0 bridgehead atoms. The number of aromatic nitrogens is 1. The molecule has 0 atom stereocenters. The van der Waals surface area contributed by atoms with Crippen molar-refractivity contribution in [1.29, 1.82) is 0 Å². The van der Waals surface area contributed by atoms with Gasteiger partial charge in [0.25, 0.3) is 10.0 Å². The second-order valence-corrected chi connectivity index (χ2v) is 6.46. The predicted molar refractivity (Wildman–Crippen MR) is 83.3 cm³/mol. The number of benzene rings is 2. The molecular weight excluding hydrogens is 316 g/mol. The number of carboxylic acid groups (broad SMARTS) is 1. The molecule has 7 heteroatoms. The van der Waals surface area contributed by atoms with E-state index in [-0.39, 0.29) is 16.1 Å². The lowest BCUT2D eigenvalue weighted by Gasteiger charge is -2.11. The Balaban J connectivity index is 2.05. The molecule has 0 aliphatic rings. The Morgan fingerprint density at radius 2 is 1.78 bits per heavy atom. The minimum Gasteiger partial charge on any atom is -0.545 e. The van der Waals surface area contributed by atoms with Crippen LogP contribution in [0.25, 0.3) is 10.9 Å². The fraction of sp³-hybridized carbons (Fsp3) is 0. The third-order valence-corrected chi connectivity index (χ3v) is 4.65. The number of anilines is 1. The lowest BCUT2D eigenvalue weighted by atomic mass is 10.2. The van der Waals surface area contributed by atoms with Gasteiger partial charge in [0.2, 0.25) is 0 Å². The van der Waals surface area contributed by atoms with Gasteiger partial charge in [-0.3, -0.25) is 9.71 Å². The topological polar surface area (TPSA) is 99.2 Å². The third-order valence-electron chi connectivity index (χ3n) is 3.24. The van der Waals surface area contributed by atoms with E-state index < -0.39 is 16.0 Å². The minimum absolute atomic E-state index is 0.0226. The van der Waals surface area contributed by atoms with Crippen LogP contribution in [0.5, 0.6) is 0 Å². The van der Waals surface area contributed by atoms with Crippen molar-refractivity contribution in [2.45, 2.75) is 4.90 Å². The van der Waals surface area contributed by atoms with E-state index in [0.29, 0.717) is 10.9 Å². The Labute approximate surface area is 132 Å². The van der Waals surface area contributed by atoms with Gasteiger partial charge in [-0.15, -0.1) is 0 Å². The average Bonchev–Trinajstić information content (AvgIpc) is 2.54. The Morgan fingerprint density at radius 1 is 1.04 bits per heavy atom. The Kier molecular flexibility index (Phi) is 3.71. The highest BCUT2D eigenvalue weighted by molar-refractivity contribution is 7.93. The average molecular weight is 327 g/mol. The summed E-state index contributed by atoms with van der Waals surface area (Å²) in [5, 5.41) is 11.6. The number of sulfonamides is 1. The van der Waals surface area contributed by atoms with Gasteiger partial charge >= 0.3 is 0 Å². The SMILES string of the molecule is O=C([O-])c1cccc(NS(=O)(=O)c2cccc3cccnc23)c1. The smallest absolute Gasteiger partial charge is 0.264 e. The molecule has 1 heterocycles. The highest BCUT2D eigenvalue weighted by Gasteiger charge is 2.18. The summed E-state index contributed by atoms with van der Waals surface area (Å²) in [5.41, 5.74) is 0.374. The minimum atomic E-state index is -3.91. The molecular formula is C16H11N2O4S-. The zero-order valence-electron chi connectivity index (χ0n) is 11.8. The maximum atomic E-state index is 12.6. The molecule has 0 unspecified atom stereocenters. The Hall–Kier alpha value is -2.93. The van der Waals surface area contributed by atoms with Gasteiger partial charge in [0.15, 0.2) is 0 Å². The van der Waals surface area contributed by atoms with E-state index >= 15 is 0 Å². The summed E-state index contributed by atoms with van der Waals surface area (Å²) in [6.45, 7) is 0. The molecule has 0 saturated carbocycles. The van der Waals surface area contributed by atoms with Crippen molar-refractivity contribution in [2.24, 2.45) is 0 Å². The van der Waals surface area contributed by atoms with Gasteiger partial charge in [-0.05, 0) is 29.8 Å². The van der Waals surface area contributed by atoms with Gasteiger partial charge in [0, 0.05) is 17.3 Å². The largest absolute Gasteiger partial charge is 0.545 e. The molecule has 0 aliphatic carbocycles. The van der Waals surface area contributed by atoms with Crippen LogP contribution in [0.1, 0.15) is 10.4 Å². The summed E-state index contributed by atoms with van der Waals surface area (Å²) in [4.78, 5) is 15.0. The van der Waals surface area contributed by atoms with Gasteiger partial charge in [-0.2, -0.15) is 0 Å². The Bertz CT molecular complexity index is 994. The Morgan fingerprint density at radius 3 is 2.57 bits per heavy atom. The van der Waals surface area contributed by atoms with E-state index in [9.17, 15) is 18.3 Å². The van der Waals surface area contributed by atoms with Crippen molar-refractivity contribution in [1.82, 2.24) is 4.98 Å². The molecule has 2 aromatic carbocycles. The van der Waals surface area contributed by atoms with Gasteiger partial charge in [0.1, 0.15) is 4.90 Å². The highest BCUT2D eigenvalue weighted by Crippen LogP contribution is 2.23. The van der Waals surface area contributed by atoms with Crippen LogP contribution in [-0.2, 0) is 10.0 Å². The maximum absolute atomic E-state index is 12.6. The molecule has 6 nitrogen and oxygen atoms in total. The first-order chi connectivity index (χ1) is 11.0. The van der Waals surface area contributed by atoms with Crippen molar-refractivity contribution in [2.75, 3.05) is 4.72 Å². The summed E-state index contributed by atoms with van der Waals surface area (Å²) in [7, 11) is -3.91. The van der Waals surface area contributed by atoms with Crippen molar-refractivity contribution in [3.8, 4) is 0 Å². The first kappa shape index (κ1) is 15.0. The van der Waals surface area contributed by atoms with Crippen LogP contribution in [0, 0.1) is 0 Å².